The van der Waals surface area contributed by atoms with Crippen molar-refractivity contribution in [1.82, 2.24) is 0 Å². The van der Waals surface area contributed by atoms with Crippen LogP contribution in [0.25, 0.3) is 0 Å². The molecule has 2 aromatic rings. The molecular weight excluding hydrogens is 362 g/mol. The number of furan rings is 1. The first-order valence-electron chi connectivity index (χ1n) is 5.98. The predicted molar refractivity (Wildman–Crippen MR) is 80.0 cm³/mol. The molecule has 0 radical (unpaired) electrons. The first-order chi connectivity index (χ1) is 9.85. The van der Waals surface area contributed by atoms with Gasteiger partial charge in [0.1, 0.15) is 4.90 Å². The second kappa shape index (κ2) is 5.90. The number of aromatic carboxylic acids is 1. The molecular formula is C13H12BrNO5S. The maximum absolute atomic E-state index is 12.3. The molecule has 0 aliphatic rings. The smallest absolute Gasteiger partial charge is 0.371 e. The molecule has 0 aliphatic carbocycles. The molecule has 0 spiro atoms. The first kappa shape index (κ1) is 15.6. The minimum Gasteiger partial charge on any atom is -0.475 e. The molecule has 0 saturated carbocycles. The summed E-state index contributed by atoms with van der Waals surface area (Å²) in [6, 6.07) is 7.94. The summed E-state index contributed by atoms with van der Waals surface area (Å²) in [4.78, 5) is 10.6. The number of para-hydroxylation sites is 1. The Labute approximate surface area is 130 Å². The molecule has 0 bridgehead atoms. The number of carboxylic acids is 1. The van der Waals surface area contributed by atoms with E-state index >= 15 is 0 Å². The normalized spacial score (nSPS) is 11.3. The van der Waals surface area contributed by atoms with Crippen molar-refractivity contribution >= 4 is 37.6 Å². The van der Waals surface area contributed by atoms with Crippen LogP contribution < -0.4 is 4.72 Å². The molecule has 0 aliphatic heterocycles. The Morgan fingerprint density at radius 2 is 2.05 bits per heavy atom. The number of hydrogen-bond donors (Lipinski definition) is 2. The Hall–Kier alpha value is -1.80. The number of rotatable bonds is 5. The van der Waals surface area contributed by atoms with Crippen LogP contribution >= 0.6 is 15.9 Å². The average molecular weight is 374 g/mol. The van der Waals surface area contributed by atoms with E-state index in [1.54, 1.807) is 12.1 Å². The molecule has 1 aromatic carbocycles. The second-order valence-electron chi connectivity index (χ2n) is 4.17. The van der Waals surface area contributed by atoms with E-state index in [1.165, 1.54) is 0 Å². The number of halogens is 1. The molecule has 8 heteroatoms. The highest BCUT2D eigenvalue weighted by molar-refractivity contribution is 9.10. The molecule has 6 nitrogen and oxygen atoms in total. The number of benzene rings is 1. The van der Waals surface area contributed by atoms with E-state index in [1.807, 2.05) is 19.1 Å². The fourth-order valence-electron chi connectivity index (χ4n) is 1.77. The molecule has 0 amide bonds. The van der Waals surface area contributed by atoms with Gasteiger partial charge in [0.15, 0.2) is 4.67 Å². The van der Waals surface area contributed by atoms with Gasteiger partial charge in [0.05, 0.1) is 5.69 Å². The van der Waals surface area contributed by atoms with E-state index in [2.05, 4.69) is 20.7 Å². The van der Waals surface area contributed by atoms with E-state index in [0.717, 1.165) is 11.6 Å². The quantitative estimate of drug-likeness (QED) is 0.838. The molecule has 0 atom stereocenters. The highest BCUT2D eigenvalue weighted by atomic mass is 79.9. The zero-order chi connectivity index (χ0) is 15.6. The Kier molecular flexibility index (Phi) is 4.38. The Balaban J connectivity index is 2.41. The van der Waals surface area contributed by atoms with Crippen molar-refractivity contribution < 1.29 is 22.7 Å². The van der Waals surface area contributed by atoms with Gasteiger partial charge in [0.2, 0.25) is 5.76 Å². The van der Waals surface area contributed by atoms with Crippen molar-refractivity contribution in [1.29, 1.82) is 0 Å². The molecule has 2 N–H and O–H groups in total. The summed E-state index contributed by atoms with van der Waals surface area (Å²) in [7, 11) is -3.94. The Morgan fingerprint density at radius 3 is 2.62 bits per heavy atom. The van der Waals surface area contributed by atoms with Gasteiger partial charge in [0, 0.05) is 6.07 Å². The van der Waals surface area contributed by atoms with Crippen LogP contribution in [0.2, 0.25) is 0 Å². The summed E-state index contributed by atoms with van der Waals surface area (Å²) in [5.41, 5.74) is 1.28. The highest BCUT2D eigenvalue weighted by Gasteiger charge is 2.25. The molecule has 112 valence electrons. The lowest BCUT2D eigenvalue weighted by Crippen LogP contribution is -2.14. The van der Waals surface area contributed by atoms with Crippen LogP contribution in [0, 0.1) is 0 Å². The van der Waals surface area contributed by atoms with Gasteiger partial charge < -0.3 is 9.52 Å². The number of hydrogen-bond acceptors (Lipinski definition) is 4. The standard InChI is InChI=1S/C13H12BrNO5S/c1-2-8-5-3-4-6-9(8)15-21(18,19)11-7-10(13(16)17)20-12(11)14/h3-7,15H,2H2,1H3,(H,16,17). The van der Waals surface area contributed by atoms with E-state index in [-0.39, 0.29) is 9.56 Å². The van der Waals surface area contributed by atoms with E-state index in [4.69, 9.17) is 9.52 Å². The summed E-state index contributed by atoms with van der Waals surface area (Å²) >= 11 is 2.92. The average Bonchev–Trinajstić information content (AvgIpc) is 2.82. The number of carboxylic acid groups (broad SMARTS) is 1. The summed E-state index contributed by atoms with van der Waals surface area (Å²) in [5, 5.41) is 8.83. The molecule has 1 aromatic heterocycles. The van der Waals surface area contributed by atoms with Gasteiger partial charge in [-0.25, -0.2) is 13.2 Å². The van der Waals surface area contributed by atoms with Crippen LogP contribution in [-0.2, 0) is 16.4 Å². The van der Waals surface area contributed by atoms with E-state index < -0.39 is 21.8 Å². The van der Waals surface area contributed by atoms with Gasteiger partial charge in [-0.3, -0.25) is 4.72 Å². The lowest BCUT2D eigenvalue weighted by Gasteiger charge is -2.10. The van der Waals surface area contributed by atoms with Crippen LogP contribution in [0.3, 0.4) is 0 Å². The fourth-order valence-corrected chi connectivity index (χ4v) is 3.81. The van der Waals surface area contributed by atoms with Crippen LogP contribution in [-0.4, -0.2) is 19.5 Å². The highest BCUT2D eigenvalue weighted by Crippen LogP contribution is 2.28. The summed E-state index contributed by atoms with van der Waals surface area (Å²) in [6.07, 6.45) is 0.658. The number of nitrogens with one attached hydrogen (secondary N) is 1. The van der Waals surface area contributed by atoms with Crippen molar-refractivity contribution in [3.8, 4) is 0 Å². The van der Waals surface area contributed by atoms with E-state index in [9.17, 15) is 13.2 Å². The van der Waals surface area contributed by atoms with Crippen molar-refractivity contribution in [2.24, 2.45) is 0 Å². The summed E-state index contributed by atoms with van der Waals surface area (Å²) in [6.45, 7) is 1.91. The number of aryl methyl sites for hydroxylation is 1. The van der Waals surface area contributed by atoms with Crippen LogP contribution in [0.1, 0.15) is 23.0 Å². The van der Waals surface area contributed by atoms with Crippen molar-refractivity contribution in [2.45, 2.75) is 18.2 Å². The third kappa shape index (κ3) is 3.27. The second-order valence-corrected chi connectivity index (χ2v) is 6.54. The lowest BCUT2D eigenvalue weighted by atomic mass is 10.1. The van der Waals surface area contributed by atoms with Crippen molar-refractivity contribution in [3.05, 3.63) is 46.3 Å². The minimum absolute atomic E-state index is 0.152. The van der Waals surface area contributed by atoms with Gasteiger partial charge in [-0.05, 0) is 34.0 Å². The maximum Gasteiger partial charge on any atom is 0.371 e. The monoisotopic (exact) mass is 373 g/mol. The third-order valence-corrected chi connectivity index (χ3v) is 5.02. The van der Waals surface area contributed by atoms with Gasteiger partial charge in [-0.1, -0.05) is 25.1 Å². The van der Waals surface area contributed by atoms with Gasteiger partial charge >= 0.3 is 5.97 Å². The van der Waals surface area contributed by atoms with Gasteiger partial charge in [-0.15, -0.1) is 0 Å². The largest absolute Gasteiger partial charge is 0.475 e. The van der Waals surface area contributed by atoms with Crippen LogP contribution in [0.15, 0.2) is 44.3 Å². The zero-order valence-electron chi connectivity index (χ0n) is 11.0. The Bertz CT molecular complexity index is 782. The van der Waals surface area contributed by atoms with Crippen LogP contribution in [0.5, 0.6) is 0 Å². The number of sulfonamides is 1. The fraction of sp³-hybridized carbons (Fsp3) is 0.154. The van der Waals surface area contributed by atoms with Gasteiger partial charge in [0.25, 0.3) is 10.0 Å². The minimum atomic E-state index is -3.94. The number of anilines is 1. The van der Waals surface area contributed by atoms with Gasteiger partial charge in [-0.2, -0.15) is 0 Å². The molecule has 0 unspecified atom stereocenters. The molecule has 2 rings (SSSR count). The Morgan fingerprint density at radius 1 is 1.38 bits per heavy atom. The molecule has 21 heavy (non-hydrogen) atoms. The zero-order valence-corrected chi connectivity index (χ0v) is 13.4. The topological polar surface area (TPSA) is 96.6 Å². The summed E-state index contributed by atoms with van der Waals surface area (Å²) < 4.78 is 31.8. The summed E-state index contributed by atoms with van der Waals surface area (Å²) in [5.74, 6) is -1.79. The molecule has 1 heterocycles. The van der Waals surface area contributed by atoms with Crippen LogP contribution in [0.4, 0.5) is 5.69 Å². The van der Waals surface area contributed by atoms with Crippen molar-refractivity contribution in [2.75, 3.05) is 4.72 Å². The molecule has 0 fully saturated rings. The van der Waals surface area contributed by atoms with E-state index in [0.29, 0.717) is 12.1 Å². The molecule has 0 saturated heterocycles. The third-order valence-electron chi connectivity index (χ3n) is 2.80. The van der Waals surface area contributed by atoms with Crippen molar-refractivity contribution in [3.63, 3.8) is 0 Å². The SMILES string of the molecule is CCc1ccccc1NS(=O)(=O)c1cc(C(=O)O)oc1Br. The predicted octanol–water partition coefficient (Wildman–Crippen LogP) is 3.10. The number of carbonyl (C=O) groups is 1. The maximum atomic E-state index is 12.3. The first-order valence-corrected chi connectivity index (χ1v) is 8.26. The lowest BCUT2D eigenvalue weighted by molar-refractivity contribution is 0.0661.